The van der Waals surface area contributed by atoms with Crippen molar-refractivity contribution in [3.05, 3.63) is 112 Å². The number of benzene rings is 3. The largest absolute Gasteiger partial charge is 0.478 e. The van der Waals surface area contributed by atoms with Gasteiger partial charge in [0.1, 0.15) is 6.10 Å². The van der Waals surface area contributed by atoms with Crippen LogP contribution in [-0.2, 0) is 5.41 Å². The van der Waals surface area contributed by atoms with Gasteiger partial charge in [0, 0.05) is 5.41 Å². The van der Waals surface area contributed by atoms with E-state index in [4.69, 9.17) is 5.11 Å². The molecule has 28 heavy (non-hydrogen) atoms. The smallest absolute Gasteiger partial charge is 0.335 e. The average Bonchev–Trinajstić information content (AvgIpc) is 2.98. The number of hydrogen-bond acceptors (Lipinski definition) is 2. The molecule has 0 saturated carbocycles. The first kappa shape index (κ1) is 18.2. The Morgan fingerprint density at radius 1 is 0.893 bits per heavy atom. The summed E-state index contributed by atoms with van der Waals surface area (Å²) in [4.78, 5) is 11.0. The Bertz CT molecular complexity index is 1060. The molecule has 0 fully saturated rings. The van der Waals surface area contributed by atoms with Crippen LogP contribution in [0.1, 0.15) is 58.1 Å². The Balaban J connectivity index is 1.74. The minimum atomic E-state index is -0.974. The van der Waals surface area contributed by atoms with E-state index in [0.29, 0.717) is 5.56 Å². The van der Waals surface area contributed by atoms with Crippen molar-refractivity contribution in [2.24, 2.45) is 0 Å². The molecular weight excluding hydrogens is 348 g/mol. The zero-order valence-corrected chi connectivity index (χ0v) is 15.9. The van der Waals surface area contributed by atoms with Gasteiger partial charge in [0.05, 0.1) is 5.56 Å². The van der Waals surface area contributed by atoms with Crippen molar-refractivity contribution in [2.45, 2.75) is 25.4 Å². The van der Waals surface area contributed by atoms with Crippen LogP contribution in [0, 0.1) is 0 Å². The van der Waals surface area contributed by atoms with Gasteiger partial charge in [0.15, 0.2) is 0 Å². The Morgan fingerprint density at radius 2 is 1.54 bits per heavy atom. The van der Waals surface area contributed by atoms with Crippen LogP contribution in [0.25, 0.3) is 5.57 Å². The molecule has 0 spiro atoms. The summed E-state index contributed by atoms with van der Waals surface area (Å²) < 4.78 is 0. The van der Waals surface area contributed by atoms with Crippen LogP contribution in [0.2, 0.25) is 0 Å². The van der Waals surface area contributed by atoms with Crippen LogP contribution in [0.5, 0.6) is 0 Å². The number of allylic oxidation sites excluding steroid dienone is 1. The maximum atomic E-state index is 11.0. The first-order valence-corrected chi connectivity index (χ1v) is 9.31. The predicted molar refractivity (Wildman–Crippen MR) is 110 cm³/mol. The maximum absolute atomic E-state index is 11.0. The molecule has 0 heterocycles. The molecule has 0 saturated heterocycles. The number of hydrogen-bond donors (Lipinski definition) is 2. The van der Waals surface area contributed by atoms with E-state index in [2.05, 4.69) is 44.2 Å². The van der Waals surface area contributed by atoms with Crippen molar-refractivity contribution in [2.75, 3.05) is 0 Å². The number of aliphatic hydroxyl groups excluding tert-OH is 1. The van der Waals surface area contributed by atoms with Gasteiger partial charge in [-0.05, 0) is 51.6 Å². The van der Waals surface area contributed by atoms with E-state index < -0.39 is 12.1 Å². The molecule has 2 N–H and O–H groups in total. The highest BCUT2D eigenvalue weighted by molar-refractivity contribution is 5.88. The van der Waals surface area contributed by atoms with Crippen LogP contribution >= 0.6 is 0 Å². The Morgan fingerprint density at radius 3 is 2.18 bits per heavy atom. The number of rotatable bonds is 4. The second-order valence-electron chi connectivity index (χ2n) is 7.78. The summed E-state index contributed by atoms with van der Waals surface area (Å²) in [7, 11) is 0. The molecule has 0 bridgehead atoms. The van der Waals surface area contributed by atoms with Crippen molar-refractivity contribution >= 4 is 11.5 Å². The van der Waals surface area contributed by atoms with Gasteiger partial charge < -0.3 is 10.2 Å². The second kappa shape index (κ2) is 6.77. The monoisotopic (exact) mass is 370 g/mol. The first-order chi connectivity index (χ1) is 13.4. The van der Waals surface area contributed by atoms with Crippen LogP contribution in [-0.4, -0.2) is 16.2 Å². The fourth-order valence-electron chi connectivity index (χ4n) is 3.89. The van der Waals surface area contributed by atoms with E-state index in [-0.39, 0.29) is 11.0 Å². The number of carboxylic acid groups (broad SMARTS) is 1. The molecule has 0 radical (unpaired) electrons. The van der Waals surface area contributed by atoms with Gasteiger partial charge in [-0.15, -0.1) is 0 Å². The highest BCUT2D eigenvalue weighted by Crippen LogP contribution is 2.44. The summed E-state index contributed by atoms with van der Waals surface area (Å²) in [6.07, 6.45) is 1.47. The lowest BCUT2D eigenvalue weighted by atomic mass is 9.86. The Kier molecular flexibility index (Phi) is 4.40. The highest BCUT2D eigenvalue weighted by Gasteiger charge is 2.31. The molecule has 3 nitrogen and oxygen atoms in total. The van der Waals surface area contributed by atoms with Crippen LogP contribution in [0.4, 0.5) is 0 Å². The number of fused-ring (bicyclic) bond motifs is 1. The van der Waals surface area contributed by atoms with E-state index in [1.165, 1.54) is 23.3 Å². The number of carbonyl (C=O) groups is 1. The summed E-state index contributed by atoms with van der Waals surface area (Å²) in [5, 5.41) is 19.9. The fourth-order valence-corrected chi connectivity index (χ4v) is 3.89. The molecule has 1 aliphatic rings. The van der Waals surface area contributed by atoms with E-state index in [1.807, 2.05) is 24.3 Å². The molecule has 140 valence electrons. The van der Waals surface area contributed by atoms with E-state index in [0.717, 1.165) is 16.7 Å². The first-order valence-electron chi connectivity index (χ1n) is 9.31. The van der Waals surface area contributed by atoms with Gasteiger partial charge in [0.25, 0.3) is 0 Å². The standard InChI is InChI=1S/C25H22O3/c1-25(2)15-21(16-6-4-3-5-7-16)20-14-19(12-13-22(20)25)23(26)17-8-10-18(11-9-17)24(27)28/h3-15,23,26H,1-2H3,(H,27,28). The third-order valence-corrected chi connectivity index (χ3v) is 5.41. The zero-order chi connectivity index (χ0) is 19.9. The van der Waals surface area contributed by atoms with Crippen LogP contribution in [0.15, 0.2) is 78.9 Å². The minimum Gasteiger partial charge on any atom is -0.478 e. The number of aromatic carboxylic acids is 1. The van der Waals surface area contributed by atoms with Crippen LogP contribution in [0.3, 0.4) is 0 Å². The third-order valence-electron chi connectivity index (χ3n) is 5.41. The lowest BCUT2D eigenvalue weighted by Gasteiger charge is -2.19. The molecule has 3 heteroatoms. The summed E-state index contributed by atoms with van der Waals surface area (Å²) in [6.45, 7) is 4.39. The molecule has 0 amide bonds. The summed E-state index contributed by atoms with van der Waals surface area (Å²) in [5.41, 5.74) is 6.31. The van der Waals surface area contributed by atoms with Gasteiger partial charge in [-0.3, -0.25) is 0 Å². The highest BCUT2D eigenvalue weighted by atomic mass is 16.4. The molecule has 4 rings (SSSR count). The number of carboxylic acids is 1. The zero-order valence-electron chi connectivity index (χ0n) is 15.9. The van der Waals surface area contributed by atoms with Gasteiger partial charge in [-0.25, -0.2) is 4.79 Å². The maximum Gasteiger partial charge on any atom is 0.335 e. The third kappa shape index (κ3) is 3.14. The van der Waals surface area contributed by atoms with E-state index in [9.17, 15) is 9.90 Å². The fraction of sp³-hybridized carbons (Fsp3) is 0.160. The van der Waals surface area contributed by atoms with E-state index in [1.54, 1.807) is 12.1 Å². The normalized spacial score (nSPS) is 15.6. The topological polar surface area (TPSA) is 57.5 Å². The average molecular weight is 370 g/mol. The van der Waals surface area contributed by atoms with Gasteiger partial charge in [-0.1, -0.05) is 74.5 Å². The molecule has 0 aromatic heterocycles. The SMILES string of the molecule is CC1(C)C=C(c2ccccc2)c2cc(C(O)c3ccc(C(=O)O)cc3)ccc21. The van der Waals surface area contributed by atoms with Crippen molar-refractivity contribution in [3.63, 3.8) is 0 Å². The molecule has 3 aromatic rings. The summed E-state index contributed by atoms with van der Waals surface area (Å²) in [5.74, 6) is -0.974. The van der Waals surface area contributed by atoms with E-state index >= 15 is 0 Å². The van der Waals surface area contributed by atoms with Gasteiger partial charge >= 0.3 is 5.97 Å². The molecule has 3 aromatic carbocycles. The summed E-state index contributed by atoms with van der Waals surface area (Å²) >= 11 is 0. The van der Waals surface area contributed by atoms with Gasteiger partial charge in [0.2, 0.25) is 0 Å². The van der Waals surface area contributed by atoms with Crippen molar-refractivity contribution in [1.82, 2.24) is 0 Å². The Hall–Kier alpha value is -3.17. The van der Waals surface area contributed by atoms with Gasteiger partial charge in [-0.2, -0.15) is 0 Å². The molecular formula is C25H22O3. The molecule has 1 atom stereocenters. The lowest BCUT2D eigenvalue weighted by molar-refractivity contribution is 0.0696. The van der Waals surface area contributed by atoms with Crippen molar-refractivity contribution in [3.8, 4) is 0 Å². The lowest BCUT2D eigenvalue weighted by Crippen LogP contribution is -2.11. The van der Waals surface area contributed by atoms with Crippen molar-refractivity contribution in [1.29, 1.82) is 0 Å². The summed E-state index contributed by atoms with van der Waals surface area (Å²) in [6, 6.07) is 22.7. The molecule has 0 aliphatic heterocycles. The minimum absolute atomic E-state index is 0.0763. The quantitative estimate of drug-likeness (QED) is 0.664. The van der Waals surface area contributed by atoms with Crippen LogP contribution < -0.4 is 0 Å². The number of aliphatic hydroxyl groups is 1. The molecule has 1 aliphatic carbocycles. The Labute approximate surface area is 164 Å². The van der Waals surface area contributed by atoms with Crippen molar-refractivity contribution < 1.29 is 15.0 Å². The second-order valence-corrected chi connectivity index (χ2v) is 7.78. The molecule has 1 unspecified atom stereocenters. The predicted octanol–water partition coefficient (Wildman–Crippen LogP) is 5.19.